The van der Waals surface area contributed by atoms with E-state index >= 15 is 0 Å². The highest BCUT2D eigenvalue weighted by molar-refractivity contribution is 7.25. The first-order valence-electron chi connectivity index (χ1n) is 7.62. The fraction of sp³-hybridized carbons (Fsp3) is 0.111. The highest BCUT2D eigenvalue weighted by atomic mass is 32.1. The molecule has 4 nitrogen and oxygen atoms in total. The molecule has 0 saturated carbocycles. The van der Waals surface area contributed by atoms with E-state index in [-0.39, 0.29) is 17.0 Å². The van der Waals surface area contributed by atoms with E-state index < -0.39 is 17.4 Å². The Balaban J connectivity index is 2.06. The van der Waals surface area contributed by atoms with Gasteiger partial charge in [0.1, 0.15) is 16.3 Å². The lowest BCUT2D eigenvalue weighted by Crippen LogP contribution is -2.09. The molecule has 3 aromatic heterocycles. The smallest absolute Gasteiger partial charge is 0.433 e. The first-order chi connectivity index (χ1) is 12.3. The first-order valence-corrected chi connectivity index (χ1v) is 8.44. The second kappa shape index (κ2) is 5.84. The van der Waals surface area contributed by atoms with E-state index in [9.17, 15) is 23.1 Å². The molecule has 0 aliphatic carbocycles. The van der Waals surface area contributed by atoms with Gasteiger partial charge >= 0.3 is 6.18 Å². The molecule has 8 heteroatoms. The summed E-state index contributed by atoms with van der Waals surface area (Å²) in [5, 5.41) is 10.4. The van der Waals surface area contributed by atoms with Crippen LogP contribution in [0, 0.1) is 0 Å². The molecule has 26 heavy (non-hydrogen) atoms. The molecular formula is C18H11F3N2O2S. The van der Waals surface area contributed by atoms with E-state index in [1.807, 2.05) is 18.2 Å². The van der Waals surface area contributed by atoms with Crippen molar-refractivity contribution >= 4 is 31.8 Å². The molecule has 0 aliphatic rings. The van der Waals surface area contributed by atoms with Crippen molar-refractivity contribution in [3.05, 3.63) is 69.6 Å². The van der Waals surface area contributed by atoms with Gasteiger partial charge in [-0.1, -0.05) is 30.3 Å². The van der Waals surface area contributed by atoms with Crippen LogP contribution in [0.5, 0.6) is 5.75 Å². The van der Waals surface area contributed by atoms with Gasteiger partial charge in [0.25, 0.3) is 5.56 Å². The molecule has 0 unspecified atom stereocenters. The molecule has 2 N–H and O–H groups in total. The third kappa shape index (κ3) is 2.82. The number of H-pyrrole nitrogens is 1. The van der Waals surface area contributed by atoms with Gasteiger partial charge in [-0.2, -0.15) is 13.2 Å². The molecule has 132 valence electrons. The van der Waals surface area contributed by atoms with Crippen LogP contribution in [0.3, 0.4) is 0 Å². The molecule has 0 fully saturated rings. The Morgan fingerprint density at radius 1 is 1.15 bits per heavy atom. The molecule has 4 aromatic rings. The van der Waals surface area contributed by atoms with Crippen molar-refractivity contribution in [3.8, 4) is 5.75 Å². The van der Waals surface area contributed by atoms with Gasteiger partial charge in [-0.05, 0) is 23.6 Å². The van der Waals surface area contributed by atoms with E-state index in [2.05, 4.69) is 9.97 Å². The van der Waals surface area contributed by atoms with Crippen LogP contribution < -0.4 is 5.56 Å². The van der Waals surface area contributed by atoms with E-state index in [1.54, 1.807) is 12.1 Å². The quantitative estimate of drug-likeness (QED) is 0.543. The molecule has 3 heterocycles. The summed E-state index contributed by atoms with van der Waals surface area (Å²) in [5.74, 6) is -0.272. The van der Waals surface area contributed by atoms with Gasteiger partial charge in [0, 0.05) is 11.5 Å². The molecular weight excluding hydrogens is 365 g/mol. The fourth-order valence-corrected chi connectivity index (χ4v) is 4.01. The third-order valence-electron chi connectivity index (χ3n) is 4.02. The number of benzene rings is 1. The van der Waals surface area contributed by atoms with Crippen molar-refractivity contribution in [1.82, 2.24) is 9.97 Å². The van der Waals surface area contributed by atoms with Crippen molar-refractivity contribution < 1.29 is 18.3 Å². The molecule has 0 aliphatic heterocycles. The minimum atomic E-state index is -4.59. The minimum Gasteiger partial charge on any atom is -0.506 e. The van der Waals surface area contributed by atoms with Gasteiger partial charge in [-0.3, -0.25) is 4.79 Å². The molecule has 0 radical (unpaired) electrons. The van der Waals surface area contributed by atoms with Crippen molar-refractivity contribution in [2.45, 2.75) is 12.6 Å². The standard InChI is InChI=1S/C18H11F3N2O2S/c19-18(20,21)12-7-10(6-9-4-2-1-3-5-9)14-15-16(26-17(14)22-12)11(24)8-13(25)23-15/h1-5,7-8H,6H2,(H2,23,24,25). The number of fused-ring (bicyclic) bond motifs is 3. The monoisotopic (exact) mass is 376 g/mol. The SMILES string of the molecule is O=c1cc(O)c2sc3nc(C(F)(F)F)cc(Cc4ccccc4)c3c2[nH]1. The predicted molar refractivity (Wildman–Crippen MR) is 93.7 cm³/mol. The Morgan fingerprint density at radius 2 is 1.88 bits per heavy atom. The van der Waals surface area contributed by atoms with Crippen LogP contribution in [0.15, 0.2) is 47.3 Å². The number of pyridine rings is 2. The maximum atomic E-state index is 13.3. The summed E-state index contributed by atoms with van der Waals surface area (Å²) in [7, 11) is 0. The maximum Gasteiger partial charge on any atom is 0.433 e. The van der Waals surface area contributed by atoms with Crippen LogP contribution in [-0.4, -0.2) is 15.1 Å². The largest absolute Gasteiger partial charge is 0.506 e. The van der Waals surface area contributed by atoms with Gasteiger partial charge in [0.05, 0.1) is 10.2 Å². The first kappa shape index (κ1) is 16.6. The van der Waals surface area contributed by atoms with Gasteiger partial charge in [-0.15, -0.1) is 11.3 Å². The number of nitrogens with one attached hydrogen (secondary N) is 1. The molecule has 4 rings (SSSR count). The van der Waals surface area contributed by atoms with Crippen molar-refractivity contribution in [2.75, 3.05) is 0 Å². The molecule has 0 spiro atoms. The number of aromatic amines is 1. The van der Waals surface area contributed by atoms with Gasteiger partial charge in [0.15, 0.2) is 0 Å². The number of thiophene rings is 1. The van der Waals surface area contributed by atoms with Crippen LogP contribution in [0.2, 0.25) is 0 Å². The van der Waals surface area contributed by atoms with E-state index in [1.165, 1.54) is 0 Å². The topological polar surface area (TPSA) is 66.0 Å². The Morgan fingerprint density at radius 3 is 2.58 bits per heavy atom. The predicted octanol–water partition coefficient (Wildman–Crippen LogP) is 4.45. The number of aromatic nitrogens is 2. The summed E-state index contributed by atoms with van der Waals surface area (Å²) in [6.45, 7) is 0. The Kier molecular flexibility index (Phi) is 3.73. The zero-order chi connectivity index (χ0) is 18.5. The number of aromatic hydroxyl groups is 1. The average Bonchev–Trinajstić information content (AvgIpc) is 2.94. The Labute approximate surface area is 148 Å². The summed E-state index contributed by atoms with van der Waals surface area (Å²) in [4.78, 5) is 18.2. The maximum absolute atomic E-state index is 13.3. The number of rotatable bonds is 2. The van der Waals surface area contributed by atoms with E-state index in [0.717, 1.165) is 29.0 Å². The third-order valence-corrected chi connectivity index (χ3v) is 5.13. The summed E-state index contributed by atoms with van der Waals surface area (Å²) in [5.41, 5.74) is 0.00254. The lowest BCUT2D eigenvalue weighted by Gasteiger charge is -2.10. The number of hydrogen-bond acceptors (Lipinski definition) is 4. The molecule has 0 saturated heterocycles. The molecule has 1 aromatic carbocycles. The second-order valence-electron chi connectivity index (χ2n) is 5.83. The van der Waals surface area contributed by atoms with Crippen LogP contribution in [0.25, 0.3) is 20.4 Å². The fourth-order valence-electron chi connectivity index (χ4n) is 2.92. The summed E-state index contributed by atoms with van der Waals surface area (Å²) < 4.78 is 40.1. The summed E-state index contributed by atoms with van der Waals surface area (Å²) in [6.07, 6.45) is -4.35. The lowest BCUT2D eigenvalue weighted by molar-refractivity contribution is -0.141. The number of halogens is 3. The van der Waals surface area contributed by atoms with Crippen LogP contribution in [-0.2, 0) is 12.6 Å². The molecule has 0 atom stereocenters. The van der Waals surface area contributed by atoms with Crippen LogP contribution >= 0.6 is 11.3 Å². The van der Waals surface area contributed by atoms with E-state index in [0.29, 0.717) is 21.2 Å². The zero-order valence-corrected chi connectivity index (χ0v) is 13.9. The van der Waals surface area contributed by atoms with Gasteiger partial charge in [0.2, 0.25) is 0 Å². The molecule has 0 bridgehead atoms. The van der Waals surface area contributed by atoms with Crippen molar-refractivity contribution in [1.29, 1.82) is 0 Å². The normalized spacial score (nSPS) is 12.1. The number of alkyl halides is 3. The molecule has 0 amide bonds. The summed E-state index contributed by atoms with van der Waals surface area (Å²) in [6, 6.07) is 11.1. The van der Waals surface area contributed by atoms with Crippen molar-refractivity contribution in [3.63, 3.8) is 0 Å². The minimum absolute atomic E-state index is 0.123. The Bertz CT molecular complexity index is 1180. The number of hydrogen-bond donors (Lipinski definition) is 2. The van der Waals surface area contributed by atoms with Crippen molar-refractivity contribution in [2.24, 2.45) is 0 Å². The van der Waals surface area contributed by atoms with Gasteiger partial charge < -0.3 is 10.1 Å². The van der Waals surface area contributed by atoms with Gasteiger partial charge in [-0.25, -0.2) is 4.98 Å². The second-order valence-corrected chi connectivity index (χ2v) is 6.83. The van der Waals surface area contributed by atoms with E-state index in [4.69, 9.17) is 0 Å². The highest BCUT2D eigenvalue weighted by Gasteiger charge is 2.34. The Hall–Kier alpha value is -2.87. The average molecular weight is 376 g/mol. The number of nitrogens with zero attached hydrogens (tertiary/aromatic N) is 1. The van der Waals surface area contributed by atoms with Crippen LogP contribution in [0.1, 0.15) is 16.8 Å². The summed E-state index contributed by atoms with van der Waals surface area (Å²) >= 11 is 0.921. The lowest BCUT2D eigenvalue weighted by atomic mass is 10.0. The van der Waals surface area contributed by atoms with Crippen LogP contribution in [0.4, 0.5) is 13.2 Å². The highest BCUT2D eigenvalue weighted by Crippen LogP contribution is 2.40. The zero-order valence-electron chi connectivity index (χ0n) is 13.1.